The molecule has 0 radical (unpaired) electrons. The van der Waals surface area contributed by atoms with E-state index in [0.29, 0.717) is 5.92 Å². The maximum absolute atomic E-state index is 2.43. The zero-order chi connectivity index (χ0) is 18.5. The first-order valence-electron chi connectivity index (χ1n) is 10.4. The molecule has 0 N–H and O–H groups in total. The minimum Gasteiger partial charge on any atom is -0.0622 e. The molecule has 1 heteroatoms. The molecule has 0 nitrogen and oxygen atoms in total. The van der Waals surface area contributed by atoms with Crippen LogP contribution in [0, 0.1) is 0 Å². The topological polar surface area (TPSA) is 0 Å². The molecule has 2 atom stereocenters. The third kappa shape index (κ3) is 3.48. The van der Waals surface area contributed by atoms with E-state index >= 15 is 0 Å². The van der Waals surface area contributed by atoms with Gasteiger partial charge in [0.25, 0.3) is 0 Å². The normalized spacial score (nSPS) is 20.3. The number of benzene rings is 3. The van der Waals surface area contributed by atoms with Crippen molar-refractivity contribution in [1.82, 2.24) is 0 Å². The minimum absolute atomic E-state index is 0.675. The summed E-state index contributed by atoms with van der Waals surface area (Å²) in [7, 11) is -1.48. The van der Waals surface area contributed by atoms with E-state index in [9.17, 15) is 0 Å². The molecule has 0 spiro atoms. The second-order valence-electron chi connectivity index (χ2n) is 7.73. The summed E-state index contributed by atoms with van der Waals surface area (Å²) >= 11 is 0. The molecule has 0 saturated heterocycles. The Hall–Kier alpha value is -1.91. The smallest absolute Gasteiger partial charge is 0.0622 e. The highest BCUT2D eigenvalue weighted by Gasteiger charge is 2.52. The molecule has 0 aliphatic heterocycles. The van der Waals surface area contributed by atoms with Crippen molar-refractivity contribution in [3.05, 3.63) is 96.6 Å². The number of rotatable bonds is 5. The molecule has 0 aromatic heterocycles. The van der Waals surface area contributed by atoms with Crippen LogP contribution in [0.25, 0.3) is 0 Å². The highest BCUT2D eigenvalue weighted by Crippen LogP contribution is 2.66. The van der Waals surface area contributed by atoms with E-state index in [1.54, 1.807) is 16.2 Å². The van der Waals surface area contributed by atoms with Crippen molar-refractivity contribution in [2.45, 2.75) is 44.2 Å². The summed E-state index contributed by atoms with van der Waals surface area (Å²) in [5.41, 5.74) is 2.29. The number of hydrogen-bond acceptors (Lipinski definition) is 0. The molecule has 4 rings (SSSR count). The van der Waals surface area contributed by atoms with Crippen molar-refractivity contribution in [2.24, 2.45) is 0 Å². The average molecular weight is 374 g/mol. The van der Waals surface area contributed by atoms with E-state index in [0.717, 1.165) is 5.66 Å². The highest BCUT2D eigenvalue weighted by molar-refractivity contribution is 7.90. The lowest BCUT2D eigenvalue weighted by molar-refractivity contribution is 0.450. The van der Waals surface area contributed by atoms with Crippen LogP contribution in [-0.4, -0.2) is 11.8 Å². The molecule has 3 aromatic carbocycles. The van der Waals surface area contributed by atoms with Gasteiger partial charge in [-0.3, -0.25) is 0 Å². The summed E-state index contributed by atoms with van der Waals surface area (Å²) in [5.74, 6) is 0.675. The summed E-state index contributed by atoms with van der Waals surface area (Å²) in [6, 6.07) is 34.2. The zero-order valence-electron chi connectivity index (χ0n) is 16.3. The fourth-order valence-electron chi connectivity index (χ4n) is 5.25. The van der Waals surface area contributed by atoms with Gasteiger partial charge in [0.1, 0.15) is 0 Å². The van der Waals surface area contributed by atoms with Crippen LogP contribution in [0.3, 0.4) is 0 Å². The number of hydrogen-bond donors (Lipinski definition) is 0. The molecular weight excluding hydrogens is 343 g/mol. The molecule has 138 valence electrons. The summed E-state index contributed by atoms with van der Waals surface area (Å²) in [5, 5.41) is 3.18. The van der Waals surface area contributed by atoms with Gasteiger partial charge in [-0.1, -0.05) is 73.2 Å². The fraction of sp³-hybridized carbons (Fsp3) is 0.308. The van der Waals surface area contributed by atoms with Gasteiger partial charge in [-0.05, 0) is 56.0 Å². The van der Waals surface area contributed by atoms with Crippen LogP contribution in [0.4, 0.5) is 0 Å². The first-order valence-corrected chi connectivity index (χ1v) is 12.4. The molecule has 0 bridgehead atoms. The quantitative estimate of drug-likeness (QED) is 0.454. The molecule has 1 aliphatic rings. The van der Waals surface area contributed by atoms with Crippen molar-refractivity contribution in [1.29, 1.82) is 0 Å². The lowest BCUT2D eigenvalue weighted by Crippen LogP contribution is -2.38. The summed E-state index contributed by atoms with van der Waals surface area (Å²) < 4.78 is 0. The maximum Gasteiger partial charge on any atom is 0.0994 e. The minimum atomic E-state index is -1.48. The Morgan fingerprint density at radius 3 is 1.67 bits per heavy atom. The first-order chi connectivity index (χ1) is 13.4. The van der Waals surface area contributed by atoms with Gasteiger partial charge in [0.15, 0.2) is 0 Å². The average Bonchev–Trinajstić information content (AvgIpc) is 2.77. The molecule has 2 unspecified atom stereocenters. The van der Waals surface area contributed by atoms with Gasteiger partial charge in [-0.2, -0.15) is 0 Å². The Morgan fingerprint density at radius 2 is 1.15 bits per heavy atom. The van der Waals surface area contributed by atoms with Crippen LogP contribution in [0.1, 0.15) is 44.1 Å². The largest absolute Gasteiger partial charge is 0.0994 e. The van der Waals surface area contributed by atoms with Crippen LogP contribution in [0.5, 0.6) is 0 Å². The second-order valence-corrected chi connectivity index (χ2v) is 11.8. The van der Waals surface area contributed by atoms with Crippen LogP contribution >= 0.6 is 7.26 Å². The molecule has 3 aromatic rings. The van der Waals surface area contributed by atoms with Crippen molar-refractivity contribution >= 4 is 17.9 Å². The van der Waals surface area contributed by atoms with Gasteiger partial charge >= 0.3 is 0 Å². The predicted octanol–water partition coefficient (Wildman–Crippen LogP) is 6.40. The fourth-order valence-corrected chi connectivity index (χ4v) is 10.5. The van der Waals surface area contributed by atoms with E-state index in [2.05, 4.69) is 97.9 Å². The molecular formula is C26H30P+. The Bertz CT molecular complexity index is 786. The zero-order valence-corrected chi connectivity index (χ0v) is 17.2. The van der Waals surface area contributed by atoms with Gasteiger partial charge in [0.2, 0.25) is 0 Å². The predicted molar refractivity (Wildman–Crippen MR) is 121 cm³/mol. The molecule has 0 amide bonds. The van der Waals surface area contributed by atoms with Crippen molar-refractivity contribution < 1.29 is 0 Å². The summed E-state index contributed by atoms with van der Waals surface area (Å²) in [6.45, 7) is 2.43. The van der Waals surface area contributed by atoms with Gasteiger partial charge in [-0.15, -0.1) is 0 Å². The lowest BCUT2D eigenvalue weighted by atomic mass is 9.83. The van der Waals surface area contributed by atoms with Crippen LogP contribution in [0.2, 0.25) is 0 Å². The monoisotopic (exact) mass is 373 g/mol. The van der Waals surface area contributed by atoms with E-state index < -0.39 is 7.26 Å². The first kappa shape index (κ1) is 18.5. The van der Waals surface area contributed by atoms with Crippen molar-refractivity contribution in [3.63, 3.8) is 0 Å². The molecule has 1 aliphatic carbocycles. The molecule has 1 fully saturated rings. The van der Waals surface area contributed by atoms with E-state index in [1.807, 2.05) is 0 Å². The standard InChI is InChI=1S/C26H30P/c1-2-27(23-16-8-4-9-17-23,24-18-10-5-11-19-24)26-21-13-12-20-25(26)22-14-6-3-7-15-22/h3-11,14-19,25-26H,2,12-13,20-21H2,1H3/q+1. The third-order valence-electron chi connectivity index (χ3n) is 6.46. The van der Waals surface area contributed by atoms with Gasteiger partial charge in [0, 0.05) is 5.92 Å². The van der Waals surface area contributed by atoms with E-state index in [4.69, 9.17) is 0 Å². The van der Waals surface area contributed by atoms with E-state index in [1.165, 1.54) is 31.8 Å². The van der Waals surface area contributed by atoms with Gasteiger partial charge < -0.3 is 0 Å². The Balaban J connectivity index is 1.89. The van der Waals surface area contributed by atoms with E-state index in [-0.39, 0.29) is 0 Å². The summed E-state index contributed by atoms with van der Waals surface area (Å²) in [4.78, 5) is 0. The highest BCUT2D eigenvalue weighted by atomic mass is 31.2. The third-order valence-corrected chi connectivity index (χ3v) is 11.6. The molecule has 0 heterocycles. The van der Waals surface area contributed by atoms with Crippen LogP contribution in [0.15, 0.2) is 91.0 Å². The van der Waals surface area contributed by atoms with Crippen molar-refractivity contribution in [3.8, 4) is 0 Å². The van der Waals surface area contributed by atoms with Gasteiger partial charge in [-0.25, -0.2) is 0 Å². The maximum atomic E-state index is 2.43. The lowest BCUT2D eigenvalue weighted by Gasteiger charge is -2.41. The molecule has 1 saturated carbocycles. The molecule has 27 heavy (non-hydrogen) atoms. The van der Waals surface area contributed by atoms with Gasteiger partial charge in [0.05, 0.1) is 29.7 Å². The Kier molecular flexibility index (Phi) is 5.74. The SMILES string of the molecule is CC[P+](c1ccccc1)(c1ccccc1)C1CCCCC1c1ccccc1. The van der Waals surface area contributed by atoms with Crippen LogP contribution in [-0.2, 0) is 0 Å². The Morgan fingerprint density at radius 1 is 0.667 bits per heavy atom. The van der Waals surface area contributed by atoms with Crippen molar-refractivity contribution in [2.75, 3.05) is 6.16 Å². The Labute approximate surface area is 165 Å². The summed E-state index contributed by atoms with van der Waals surface area (Å²) in [6.07, 6.45) is 6.66. The second kappa shape index (κ2) is 8.41. The van der Waals surface area contributed by atoms with Crippen LogP contribution < -0.4 is 10.6 Å².